The molecular weight excluding hydrogens is 270 g/mol. The number of alkyl halides is 1. The number of aromatic nitrogens is 2. The smallest absolute Gasteiger partial charge is 0.222 e. The van der Waals surface area contributed by atoms with Gasteiger partial charge in [0.25, 0.3) is 0 Å². The molecule has 1 aromatic rings. The van der Waals surface area contributed by atoms with Crippen molar-refractivity contribution < 1.29 is 4.79 Å². The predicted octanol–water partition coefficient (Wildman–Crippen LogP) is 1.26. The van der Waals surface area contributed by atoms with Crippen LogP contribution in [0.25, 0.3) is 0 Å². The Morgan fingerprint density at radius 3 is 3.06 bits per heavy atom. The summed E-state index contributed by atoms with van der Waals surface area (Å²) in [4.78, 5) is 21.6. The second-order valence-electron chi connectivity index (χ2n) is 4.01. The Labute approximate surface area is 103 Å². The van der Waals surface area contributed by atoms with Gasteiger partial charge in [0.15, 0.2) is 0 Å². The fourth-order valence-corrected chi connectivity index (χ4v) is 2.32. The first-order chi connectivity index (χ1) is 7.79. The van der Waals surface area contributed by atoms with Crippen molar-refractivity contribution in [2.24, 2.45) is 5.92 Å². The number of nitrogens with zero attached hydrogens (tertiary/aromatic N) is 3. The Balaban J connectivity index is 1.85. The van der Waals surface area contributed by atoms with E-state index in [2.05, 4.69) is 25.9 Å². The van der Waals surface area contributed by atoms with Crippen LogP contribution in [0.2, 0.25) is 0 Å². The summed E-state index contributed by atoms with van der Waals surface area (Å²) in [5.41, 5.74) is 0.991. The molecule has 1 aromatic heterocycles. The van der Waals surface area contributed by atoms with Crippen molar-refractivity contribution in [2.75, 3.05) is 18.4 Å². The van der Waals surface area contributed by atoms with Gasteiger partial charge in [0.05, 0.1) is 0 Å². The molecule has 1 saturated heterocycles. The van der Waals surface area contributed by atoms with E-state index in [1.54, 1.807) is 12.5 Å². The molecule has 1 unspecified atom stereocenters. The highest BCUT2D eigenvalue weighted by atomic mass is 79.9. The minimum Gasteiger partial charge on any atom is -0.342 e. The summed E-state index contributed by atoms with van der Waals surface area (Å²) < 4.78 is 0. The van der Waals surface area contributed by atoms with E-state index in [0.29, 0.717) is 12.3 Å². The van der Waals surface area contributed by atoms with Crippen molar-refractivity contribution in [2.45, 2.75) is 12.8 Å². The van der Waals surface area contributed by atoms with Crippen LogP contribution in [0, 0.1) is 5.92 Å². The Morgan fingerprint density at radius 1 is 1.56 bits per heavy atom. The van der Waals surface area contributed by atoms with E-state index in [0.717, 1.165) is 30.5 Å². The Morgan fingerprint density at radius 2 is 2.44 bits per heavy atom. The van der Waals surface area contributed by atoms with Gasteiger partial charge in [-0.2, -0.15) is 0 Å². The van der Waals surface area contributed by atoms with E-state index in [4.69, 9.17) is 0 Å². The van der Waals surface area contributed by atoms with E-state index >= 15 is 0 Å². The molecule has 0 bridgehead atoms. The number of carbonyl (C=O) groups excluding carboxylic acids is 1. The van der Waals surface area contributed by atoms with Crippen LogP contribution in [-0.2, 0) is 11.2 Å². The van der Waals surface area contributed by atoms with Crippen LogP contribution < -0.4 is 0 Å². The van der Waals surface area contributed by atoms with Gasteiger partial charge in [-0.15, -0.1) is 0 Å². The molecule has 1 aliphatic rings. The Kier molecular flexibility index (Phi) is 3.88. The maximum absolute atomic E-state index is 11.6. The van der Waals surface area contributed by atoms with Crippen molar-refractivity contribution in [3.8, 4) is 0 Å². The second kappa shape index (κ2) is 5.39. The molecule has 1 fully saturated rings. The zero-order valence-electron chi connectivity index (χ0n) is 8.97. The summed E-state index contributed by atoms with van der Waals surface area (Å²) in [5.74, 6) is 0.733. The molecule has 86 valence electrons. The first kappa shape index (κ1) is 11.5. The molecule has 0 radical (unpaired) electrons. The molecule has 1 amide bonds. The van der Waals surface area contributed by atoms with Crippen LogP contribution in [-0.4, -0.2) is 39.2 Å². The zero-order valence-corrected chi connectivity index (χ0v) is 10.6. The van der Waals surface area contributed by atoms with Crippen molar-refractivity contribution in [1.29, 1.82) is 0 Å². The third-order valence-electron chi connectivity index (χ3n) is 2.79. The van der Waals surface area contributed by atoms with E-state index in [9.17, 15) is 4.79 Å². The summed E-state index contributed by atoms with van der Waals surface area (Å²) in [5, 5.41) is 0.906. The molecule has 1 aliphatic heterocycles. The summed E-state index contributed by atoms with van der Waals surface area (Å²) in [6.45, 7) is 1.63. The van der Waals surface area contributed by atoms with Crippen molar-refractivity contribution in [1.82, 2.24) is 14.9 Å². The van der Waals surface area contributed by atoms with Gasteiger partial charge < -0.3 is 4.90 Å². The van der Waals surface area contributed by atoms with E-state index in [1.165, 1.54) is 0 Å². The fraction of sp³-hybridized carbons (Fsp3) is 0.545. The zero-order chi connectivity index (χ0) is 11.4. The number of rotatable bonds is 4. The largest absolute Gasteiger partial charge is 0.342 e. The normalized spacial score (nSPS) is 20.4. The van der Waals surface area contributed by atoms with Gasteiger partial charge in [-0.1, -0.05) is 15.9 Å². The molecule has 2 heterocycles. The average molecular weight is 284 g/mol. The molecule has 0 N–H and O–H groups in total. The highest BCUT2D eigenvalue weighted by molar-refractivity contribution is 9.09. The first-order valence-corrected chi connectivity index (χ1v) is 6.50. The number of halogens is 1. The molecule has 0 aromatic carbocycles. The SMILES string of the molecule is O=C1CC(CBr)CN1CCc1ccncn1. The van der Waals surface area contributed by atoms with Crippen molar-refractivity contribution in [3.63, 3.8) is 0 Å². The molecule has 0 saturated carbocycles. The summed E-state index contributed by atoms with van der Waals surface area (Å²) in [6.07, 6.45) is 4.76. The van der Waals surface area contributed by atoms with Crippen molar-refractivity contribution >= 4 is 21.8 Å². The molecule has 5 heteroatoms. The molecule has 1 atom stereocenters. The van der Waals surface area contributed by atoms with Gasteiger partial charge >= 0.3 is 0 Å². The third kappa shape index (κ3) is 2.78. The van der Waals surface area contributed by atoms with Gasteiger partial charge in [0, 0.05) is 43.2 Å². The predicted molar refractivity (Wildman–Crippen MR) is 64.2 cm³/mol. The molecule has 0 aliphatic carbocycles. The monoisotopic (exact) mass is 283 g/mol. The molecule has 4 nitrogen and oxygen atoms in total. The number of carbonyl (C=O) groups is 1. The highest BCUT2D eigenvalue weighted by Crippen LogP contribution is 2.19. The van der Waals surface area contributed by atoms with Crippen LogP contribution in [0.5, 0.6) is 0 Å². The first-order valence-electron chi connectivity index (χ1n) is 5.38. The Bertz CT molecular complexity index is 358. The minimum absolute atomic E-state index is 0.263. The van der Waals surface area contributed by atoms with Crippen LogP contribution in [0.15, 0.2) is 18.6 Å². The van der Waals surface area contributed by atoms with Gasteiger partial charge in [0.1, 0.15) is 6.33 Å². The standard InChI is InChI=1S/C11H14BrN3O/c12-6-9-5-11(16)15(7-9)4-2-10-1-3-13-8-14-10/h1,3,8-9H,2,4-7H2. The Hall–Kier alpha value is -0.970. The average Bonchev–Trinajstić information content (AvgIpc) is 2.69. The minimum atomic E-state index is 0.263. The lowest BCUT2D eigenvalue weighted by Crippen LogP contribution is -2.27. The van der Waals surface area contributed by atoms with Gasteiger partial charge in [0.2, 0.25) is 5.91 Å². The molecule has 16 heavy (non-hydrogen) atoms. The molecule has 2 rings (SSSR count). The molecule has 0 spiro atoms. The number of likely N-dealkylation sites (tertiary alicyclic amines) is 1. The number of hydrogen-bond acceptors (Lipinski definition) is 3. The lowest BCUT2D eigenvalue weighted by atomic mass is 10.2. The maximum Gasteiger partial charge on any atom is 0.222 e. The van der Waals surface area contributed by atoms with E-state index < -0.39 is 0 Å². The number of amides is 1. The second-order valence-corrected chi connectivity index (χ2v) is 4.66. The van der Waals surface area contributed by atoms with Crippen LogP contribution in [0.1, 0.15) is 12.1 Å². The fourth-order valence-electron chi connectivity index (χ4n) is 1.89. The summed E-state index contributed by atoms with van der Waals surface area (Å²) in [7, 11) is 0. The van der Waals surface area contributed by atoms with Gasteiger partial charge in [-0.25, -0.2) is 9.97 Å². The topological polar surface area (TPSA) is 46.1 Å². The lowest BCUT2D eigenvalue weighted by molar-refractivity contribution is -0.127. The lowest BCUT2D eigenvalue weighted by Gasteiger charge is -2.15. The van der Waals surface area contributed by atoms with Crippen LogP contribution >= 0.6 is 15.9 Å². The molecular formula is C11H14BrN3O. The maximum atomic E-state index is 11.6. The third-order valence-corrected chi connectivity index (χ3v) is 3.71. The van der Waals surface area contributed by atoms with Crippen LogP contribution in [0.4, 0.5) is 0 Å². The van der Waals surface area contributed by atoms with E-state index in [1.807, 2.05) is 11.0 Å². The van der Waals surface area contributed by atoms with Crippen LogP contribution in [0.3, 0.4) is 0 Å². The van der Waals surface area contributed by atoms with Gasteiger partial charge in [-0.05, 0) is 12.0 Å². The van der Waals surface area contributed by atoms with Gasteiger partial charge in [-0.3, -0.25) is 4.79 Å². The quantitative estimate of drug-likeness (QED) is 0.782. The summed E-state index contributed by atoms with van der Waals surface area (Å²) in [6, 6.07) is 1.89. The summed E-state index contributed by atoms with van der Waals surface area (Å²) >= 11 is 3.43. The van der Waals surface area contributed by atoms with Crippen molar-refractivity contribution in [3.05, 3.63) is 24.3 Å². The highest BCUT2D eigenvalue weighted by Gasteiger charge is 2.28. The van der Waals surface area contributed by atoms with E-state index in [-0.39, 0.29) is 5.91 Å². The number of hydrogen-bond donors (Lipinski definition) is 0.